The molecule has 0 saturated carbocycles. The fourth-order valence-corrected chi connectivity index (χ4v) is 2.05. The molecule has 0 radical (unpaired) electrons. The number of halogens is 1. The Kier molecular flexibility index (Phi) is 5.10. The van der Waals surface area contributed by atoms with Gasteiger partial charge in [0.15, 0.2) is 0 Å². The minimum Gasteiger partial charge on any atom is -0.496 e. The summed E-state index contributed by atoms with van der Waals surface area (Å²) >= 11 is 5.97. The minimum atomic E-state index is 0.167. The molecule has 0 aliphatic heterocycles. The summed E-state index contributed by atoms with van der Waals surface area (Å²) in [5.41, 5.74) is 2.46. The van der Waals surface area contributed by atoms with Gasteiger partial charge in [-0.15, -0.1) is 11.6 Å². The SMILES string of the molecule is COc1ccc(C)cc1CN(C)CC(C)Cl. The first-order valence-electron chi connectivity index (χ1n) is 5.49. The molecule has 90 valence electrons. The van der Waals surface area contributed by atoms with Gasteiger partial charge in [-0.05, 0) is 27.0 Å². The van der Waals surface area contributed by atoms with E-state index in [-0.39, 0.29) is 5.38 Å². The van der Waals surface area contributed by atoms with E-state index in [0.29, 0.717) is 0 Å². The average Bonchev–Trinajstić information content (AvgIpc) is 2.16. The molecular formula is C13H20ClNO. The second-order valence-electron chi connectivity index (χ2n) is 4.29. The summed E-state index contributed by atoms with van der Waals surface area (Å²) in [6.45, 7) is 5.83. The normalized spacial score (nSPS) is 12.9. The van der Waals surface area contributed by atoms with E-state index in [2.05, 4.69) is 31.0 Å². The summed E-state index contributed by atoms with van der Waals surface area (Å²) in [5.74, 6) is 0.944. The molecule has 0 heterocycles. The van der Waals surface area contributed by atoms with Crippen LogP contribution in [0, 0.1) is 6.92 Å². The first-order valence-corrected chi connectivity index (χ1v) is 5.92. The van der Waals surface area contributed by atoms with Crippen molar-refractivity contribution in [2.75, 3.05) is 20.7 Å². The Morgan fingerprint density at radius 1 is 1.44 bits per heavy atom. The van der Waals surface area contributed by atoms with Gasteiger partial charge in [0, 0.05) is 24.0 Å². The lowest BCUT2D eigenvalue weighted by Crippen LogP contribution is -2.24. The standard InChI is InChI=1S/C13H20ClNO/c1-10-5-6-13(16-4)12(7-10)9-15(3)8-11(2)14/h5-7,11H,8-9H2,1-4H3. The van der Waals surface area contributed by atoms with E-state index >= 15 is 0 Å². The second kappa shape index (κ2) is 6.12. The number of aryl methyl sites for hydroxylation is 1. The predicted octanol–water partition coefficient (Wildman–Crippen LogP) is 3.06. The molecule has 1 unspecified atom stereocenters. The zero-order chi connectivity index (χ0) is 12.1. The van der Waals surface area contributed by atoms with Gasteiger partial charge in [-0.3, -0.25) is 0 Å². The molecule has 1 atom stereocenters. The molecule has 0 saturated heterocycles. The van der Waals surface area contributed by atoms with Crippen LogP contribution in [-0.2, 0) is 6.54 Å². The first-order chi connectivity index (χ1) is 7.52. The van der Waals surface area contributed by atoms with Crippen LogP contribution in [0.4, 0.5) is 0 Å². The van der Waals surface area contributed by atoms with Crippen LogP contribution in [0.25, 0.3) is 0 Å². The highest BCUT2D eigenvalue weighted by atomic mass is 35.5. The topological polar surface area (TPSA) is 12.5 Å². The summed E-state index contributed by atoms with van der Waals surface area (Å²) in [7, 11) is 3.78. The van der Waals surface area contributed by atoms with E-state index in [1.54, 1.807) is 7.11 Å². The third-order valence-electron chi connectivity index (χ3n) is 2.44. The van der Waals surface area contributed by atoms with Crippen LogP contribution in [0.15, 0.2) is 18.2 Å². The molecule has 0 amide bonds. The number of alkyl halides is 1. The number of hydrogen-bond acceptors (Lipinski definition) is 2. The Balaban J connectivity index is 2.74. The largest absolute Gasteiger partial charge is 0.496 e. The molecular weight excluding hydrogens is 222 g/mol. The smallest absolute Gasteiger partial charge is 0.123 e. The lowest BCUT2D eigenvalue weighted by Gasteiger charge is -2.19. The minimum absolute atomic E-state index is 0.167. The van der Waals surface area contributed by atoms with Crippen LogP contribution in [-0.4, -0.2) is 31.0 Å². The highest BCUT2D eigenvalue weighted by Gasteiger charge is 2.08. The third-order valence-corrected chi connectivity index (χ3v) is 2.58. The molecule has 2 nitrogen and oxygen atoms in total. The van der Waals surface area contributed by atoms with Crippen molar-refractivity contribution in [2.45, 2.75) is 25.8 Å². The maximum atomic E-state index is 5.97. The third kappa shape index (κ3) is 4.03. The van der Waals surface area contributed by atoms with Crippen molar-refractivity contribution in [3.05, 3.63) is 29.3 Å². The summed E-state index contributed by atoms with van der Waals surface area (Å²) in [6.07, 6.45) is 0. The number of nitrogens with zero attached hydrogens (tertiary/aromatic N) is 1. The maximum absolute atomic E-state index is 5.97. The Morgan fingerprint density at radius 3 is 2.69 bits per heavy atom. The van der Waals surface area contributed by atoms with Crippen molar-refractivity contribution in [2.24, 2.45) is 0 Å². The molecule has 0 N–H and O–H groups in total. The van der Waals surface area contributed by atoms with Crippen molar-refractivity contribution >= 4 is 11.6 Å². The van der Waals surface area contributed by atoms with Gasteiger partial charge >= 0.3 is 0 Å². The van der Waals surface area contributed by atoms with Gasteiger partial charge in [0.25, 0.3) is 0 Å². The Bertz CT molecular complexity index is 339. The van der Waals surface area contributed by atoms with Crippen LogP contribution in [0.1, 0.15) is 18.1 Å². The van der Waals surface area contributed by atoms with Crippen molar-refractivity contribution in [3.8, 4) is 5.75 Å². The molecule has 1 aromatic carbocycles. The number of methoxy groups -OCH3 is 1. The fraction of sp³-hybridized carbons (Fsp3) is 0.538. The molecule has 16 heavy (non-hydrogen) atoms. The molecule has 0 aliphatic rings. The van der Waals surface area contributed by atoms with Crippen molar-refractivity contribution in [3.63, 3.8) is 0 Å². The maximum Gasteiger partial charge on any atom is 0.123 e. The molecule has 0 bridgehead atoms. The van der Waals surface area contributed by atoms with Gasteiger partial charge < -0.3 is 9.64 Å². The van der Waals surface area contributed by atoms with Crippen LogP contribution < -0.4 is 4.74 Å². The average molecular weight is 242 g/mol. The Hall–Kier alpha value is -0.730. The van der Waals surface area contributed by atoms with E-state index in [1.165, 1.54) is 11.1 Å². The molecule has 0 spiro atoms. The number of ether oxygens (including phenoxy) is 1. The van der Waals surface area contributed by atoms with Crippen molar-refractivity contribution in [1.82, 2.24) is 4.90 Å². The zero-order valence-electron chi connectivity index (χ0n) is 10.5. The highest BCUT2D eigenvalue weighted by Crippen LogP contribution is 2.21. The van der Waals surface area contributed by atoms with E-state index in [1.807, 2.05) is 13.0 Å². The molecule has 0 aromatic heterocycles. The van der Waals surface area contributed by atoms with Gasteiger partial charge in [0.2, 0.25) is 0 Å². The summed E-state index contributed by atoms with van der Waals surface area (Å²) in [6, 6.07) is 6.24. The molecule has 0 aliphatic carbocycles. The number of rotatable bonds is 5. The first kappa shape index (κ1) is 13.3. The Labute approximate surface area is 103 Å². The van der Waals surface area contributed by atoms with E-state index in [0.717, 1.165) is 18.8 Å². The molecule has 1 rings (SSSR count). The molecule has 0 fully saturated rings. The number of hydrogen-bond donors (Lipinski definition) is 0. The predicted molar refractivity (Wildman–Crippen MR) is 69.4 cm³/mol. The van der Waals surface area contributed by atoms with Gasteiger partial charge in [-0.1, -0.05) is 17.7 Å². The van der Waals surface area contributed by atoms with Crippen molar-refractivity contribution < 1.29 is 4.74 Å². The monoisotopic (exact) mass is 241 g/mol. The van der Waals surface area contributed by atoms with Crippen LogP contribution in [0.5, 0.6) is 5.75 Å². The highest BCUT2D eigenvalue weighted by molar-refractivity contribution is 6.20. The molecule has 1 aromatic rings. The van der Waals surface area contributed by atoms with Gasteiger partial charge in [-0.2, -0.15) is 0 Å². The lowest BCUT2D eigenvalue weighted by molar-refractivity contribution is 0.320. The van der Waals surface area contributed by atoms with E-state index in [4.69, 9.17) is 16.3 Å². The van der Waals surface area contributed by atoms with Crippen LogP contribution in [0.2, 0.25) is 0 Å². The summed E-state index contributed by atoms with van der Waals surface area (Å²) in [5, 5.41) is 0.167. The summed E-state index contributed by atoms with van der Waals surface area (Å²) in [4.78, 5) is 2.20. The number of benzene rings is 1. The van der Waals surface area contributed by atoms with Crippen LogP contribution in [0.3, 0.4) is 0 Å². The zero-order valence-corrected chi connectivity index (χ0v) is 11.2. The van der Waals surface area contributed by atoms with Gasteiger partial charge in [0.1, 0.15) is 5.75 Å². The van der Waals surface area contributed by atoms with Gasteiger partial charge in [0.05, 0.1) is 7.11 Å². The summed E-state index contributed by atoms with van der Waals surface area (Å²) < 4.78 is 5.35. The van der Waals surface area contributed by atoms with Crippen LogP contribution >= 0.6 is 11.6 Å². The Morgan fingerprint density at radius 2 is 2.12 bits per heavy atom. The van der Waals surface area contributed by atoms with Gasteiger partial charge in [-0.25, -0.2) is 0 Å². The second-order valence-corrected chi connectivity index (χ2v) is 5.04. The van der Waals surface area contributed by atoms with E-state index < -0.39 is 0 Å². The fourth-order valence-electron chi connectivity index (χ4n) is 1.82. The van der Waals surface area contributed by atoms with Crippen molar-refractivity contribution in [1.29, 1.82) is 0 Å². The molecule has 3 heteroatoms. The lowest BCUT2D eigenvalue weighted by atomic mass is 10.1. The van der Waals surface area contributed by atoms with E-state index in [9.17, 15) is 0 Å². The quantitative estimate of drug-likeness (QED) is 0.735.